The minimum atomic E-state index is -4.64. The lowest BCUT2D eigenvalue weighted by Gasteiger charge is -2.19. The number of esters is 1. The van der Waals surface area contributed by atoms with Crippen LogP contribution in [-0.2, 0) is 17.5 Å². The fraction of sp³-hybridized carbons (Fsp3) is 0.387. The van der Waals surface area contributed by atoms with E-state index in [1.165, 1.54) is 18.5 Å². The number of amides is 2. The summed E-state index contributed by atoms with van der Waals surface area (Å²) in [6.07, 6.45) is 1.27. The Bertz CT molecular complexity index is 1760. The quantitative estimate of drug-likeness (QED) is 0.204. The minimum Gasteiger partial charge on any atom is -0.462 e. The number of ether oxygens (including phenoxy) is 1. The van der Waals surface area contributed by atoms with Gasteiger partial charge in [0.2, 0.25) is 5.43 Å². The smallest absolute Gasteiger partial charge is 0.434 e. The van der Waals surface area contributed by atoms with Crippen LogP contribution in [0.1, 0.15) is 49.2 Å². The third kappa shape index (κ3) is 7.34. The van der Waals surface area contributed by atoms with Crippen LogP contribution in [0, 0.1) is 0 Å². The number of hydrogen-bond acceptors (Lipinski definition) is 8. The van der Waals surface area contributed by atoms with E-state index >= 15 is 0 Å². The molecule has 1 fully saturated rings. The highest BCUT2D eigenvalue weighted by molar-refractivity contribution is 7.13. The number of likely N-dealkylation sites (tertiary alicyclic amines) is 1. The molecule has 0 radical (unpaired) electrons. The summed E-state index contributed by atoms with van der Waals surface area (Å²) in [7, 11) is 0. The molecular weight excluding hydrogens is 609 g/mol. The van der Waals surface area contributed by atoms with Crippen molar-refractivity contribution in [2.24, 2.45) is 0 Å². The summed E-state index contributed by atoms with van der Waals surface area (Å²) in [6, 6.07) is 6.05. The zero-order valence-corrected chi connectivity index (χ0v) is 25.7. The Kier molecular flexibility index (Phi) is 9.83. The van der Waals surface area contributed by atoms with E-state index in [1.54, 1.807) is 25.1 Å². The van der Waals surface area contributed by atoms with Crippen molar-refractivity contribution in [2.45, 2.75) is 45.8 Å². The van der Waals surface area contributed by atoms with Crippen molar-refractivity contribution in [1.82, 2.24) is 24.8 Å². The standard InChI is InChI=1S/C31H33F3N6O4S/c1-3-9-35-30(43)38-26-15-20(28-37-25(18-45-28)31(32,33)34)22(16-36-26)19-7-8-24-21(14-19)27(41)23(29(42)44-4-2)17-40(24)13-12-39-10-5-6-11-39/h7-8,14-18H,3-6,9-13H2,1-2H3,(H2,35,36,38,43). The van der Waals surface area contributed by atoms with Crippen molar-refractivity contribution in [1.29, 1.82) is 0 Å². The summed E-state index contributed by atoms with van der Waals surface area (Å²) in [5.41, 5.74) is 0.0878. The summed E-state index contributed by atoms with van der Waals surface area (Å²) in [6.45, 7) is 7.33. The number of hydrogen-bond donors (Lipinski definition) is 2. The van der Waals surface area contributed by atoms with Gasteiger partial charge < -0.3 is 19.5 Å². The van der Waals surface area contributed by atoms with E-state index in [-0.39, 0.29) is 33.9 Å². The van der Waals surface area contributed by atoms with Gasteiger partial charge >= 0.3 is 18.2 Å². The molecule has 3 aromatic heterocycles. The highest BCUT2D eigenvalue weighted by Crippen LogP contribution is 2.39. The molecule has 5 rings (SSSR count). The van der Waals surface area contributed by atoms with Crippen LogP contribution in [0.5, 0.6) is 0 Å². The molecule has 1 saturated heterocycles. The van der Waals surface area contributed by atoms with Crippen molar-refractivity contribution in [3.63, 3.8) is 0 Å². The molecule has 2 amide bonds. The average Bonchev–Trinajstić information content (AvgIpc) is 3.73. The van der Waals surface area contributed by atoms with Crippen LogP contribution in [0.3, 0.4) is 0 Å². The maximum absolute atomic E-state index is 13.6. The van der Waals surface area contributed by atoms with E-state index in [2.05, 4.69) is 25.5 Å². The molecule has 0 spiro atoms. The third-order valence-corrected chi connectivity index (χ3v) is 8.32. The highest BCUT2D eigenvalue weighted by Gasteiger charge is 2.34. The monoisotopic (exact) mass is 642 g/mol. The molecule has 0 atom stereocenters. The van der Waals surface area contributed by atoms with Gasteiger partial charge in [0.05, 0.1) is 12.1 Å². The number of halogens is 3. The Morgan fingerprint density at radius 3 is 2.56 bits per heavy atom. The molecule has 1 aliphatic heterocycles. The van der Waals surface area contributed by atoms with Crippen LogP contribution in [0.15, 0.2) is 46.8 Å². The number of nitrogens with zero attached hydrogens (tertiary/aromatic N) is 4. The molecule has 1 aliphatic rings. The van der Waals surface area contributed by atoms with E-state index in [1.807, 2.05) is 11.5 Å². The van der Waals surface area contributed by atoms with Crippen molar-refractivity contribution >= 4 is 40.1 Å². The number of pyridine rings is 2. The van der Waals surface area contributed by atoms with Gasteiger partial charge in [0.25, 0.3) is 0 Å². The zero-order chi connectivity index (χ0) is 32.1. The first-order chi connectivity index (χ1) is 21.6. The molecule has 2 N–H and O–H groups in total. The van der Waals surface area contributed by atoms with Crippen molar-refractivity contribution < 1.29 is 27.5 Å². The number of thiazole rings is 1. The van der Waals surface area contributed by atoms with Crippen LogP contribution in [0.25, 0.3) is 32.6 Å². The van der Waals surface area contributed by atoms with Crippen molar-refractivity contribution in [3.8, 4) is 21.7 Å². The second-order valence-corrected chi connectivity index (χ2v) is 11.5. The number of nitrogens with one attached hydrogen (secondary N) is 2. The summed E-state index contributed by atoms with van der Waals surface area (Å²) in [5, 5.41) is 6.50. The van der Waals surface area contributed by atoms with E-state index in [9.17, 15) is 27.6 Å². The molecule has 45 heavy (non-hydrogen) atoms. The number of anilines is 1. The number of aromatic nitrogens is 3. The molecule has 0 unspecified atom stereocenters. The van der Waals surface area contributed by atoms with Gasteiger partial charge in [-0.3, -0.25) is 10.1 Å². The average molecular weight is 643 g/mol. The molecule has 14 heteroatoms. The van der Waals surface area contributed by atoms with E-state index in [0.29, 0.717) is 36.2 Å². The fourth-order valence-electron chi connectivity index (χ4n) is 5.22. The second kappa shape index (κ2) is 13.8. The van der Waals surface area contributed by atoms with Gasteiger partial charge in [0, 0.05) is 53.9 Å². The molecule has 0 bridgehead atoms. The Morgan fingerprint density at radius 2 is 1.87 bits per heavy atom. The molecule has 238 valence electrons. The number of alkyl halides is 3. The minimum absolute atomic E-state index is 0.0557. The highest BCUT2D eigenvalue weighted by atomic mass is 32.1. The van der Waals surface area contributed by atoms with Gasteiger partial charge in [-0.05, 0) is 63.0 Å². The molecule has 1 aromatic carbocycles. The Morgan fingerprint density at radius 1 is 1.09 bits per heavy atom. The van der Waals surface area contributed by atoms with E-state index in [4.69, 9.17) is 4.74 Å². The maximum Gasteiger partial charge on any atom is 0.434 e. The Hall–Kier alpha value is -4.30. The lowest BCUT2D eigenvalue weighted by molar-refractivity contribution is -0.140. The maximum atomic E-state index is 13.6. The SMILES string of the molecule is CCCNC(=O)Nc1cc(-c2nc(C(F)(F)F)cs2)c(-c2ccc3c(c2)c(=O)c(C(=O)OCC)cn3CCN2CCCC2)cn1. The zero-order valence-electron chi connectivity index (χ0n) is 24.9. The van der Waals surface area contributed by atoms with Gasteiger partial charge in [-0.2, -0.15) is 13.2 Å². The van der Waals surface area contributed by atoms with Crippen molar-refractivity contribution in [3.05, 3.63) is 63.5 Å². The molecule has 0 saturated carbocycles. The van der Waals surface area contributed by atoms with Gasteiger partial charge in [-0.15, -0.1) is 11.3 Å². The van der Waals surface area contributed by atoms with E-state index in [0.717, 1.165) is 49.2 Å². The summed E-state index contributed by atoms with van der Waals surface area (Å²) < 4.78 is 47.5. The fourth-order valence-corrected chi connectivity index (χ4v) is 6.07. The topological polar surface area (TPSA) is 118 Å². The molecule has 4 heterocycles. The summed E-state index contributed by atoms with van der Waals surface area (Å²) in [4.78, 5) is 49.2. The molecule has 4 aromatic rings. The second-order valence-electron chi connectivity index (χ2n) is 10.6. The summed E-state index contributed by atoms with van der Waals surface area (Å²) >= 11 is 0.801. The van der Waals surface area contributed by atoms with Crippen molar-refractivity contribution in [2.75, 3.05) is 38.1 Å². The van der Waals surface area contributed by atoms with E-state index < -0.39 is 29.3 Å². The first kappa shape index (κ1) is 32.1. The third-order valence-electron chi connectivity index (χ3n) is 7.45. The van der Waals surface area contributed by atoms with Gasteiger partial charge in [0.15, 0.2) is 5.69 Å². The number of urea groups is 1. The lowest BCUT2D eigenvalue weighted by Crippen LogP contribution is -2.29. The number of benzene rings is 1. The number of fused-ring (bicyclic) bond motifs is 1. The van der Waals surface area contributed by atoms with Gasteiger partial charge in [0.1, 0.15) is 16.4 Å². The molecule has 10 nitrogen and oxygen atoms in total. The number of carbonyl (C=O) groups is 2. The predicted octanol–water partition coefficient (Wildman–Crippen LogP) is 6.01. The normalized spacial score (nSPS) is 13.7. The first-order valence-corrected chi connectivity index (χ1v) is 15.6. The van der Waals surface area contributed by atoms with Crippen LogP contribution < -0.4 is 16.1 Å². The van der Waals surface area contributed by atoms with Crippen LogP contribution >= 0.6 is 11.3 Å². The Balaban J connectivity index is 1.62. The summed E-state index contributed by atoms with van der Waals surface area (Å²) in [5.74, 6) is -0.618. The predicted molar refractivity (Wildman–Crippen MR) is 166 cm³/mol. The largest absolute Gasteiger partial charge is 0.462 e. The molecule has 0 aliphatic carbocycles. The number of carbonyl (C=O) groups excluding carboxylic acids is 2. The number of rotatable bonds is 10. The lowest BCUT2D eigenvalue weighted by atomic mass is 9.99. The van der Waals surface area contributed by atoms with Crippen LogP contribution in [-0.4, -0.2) is 64.2 Å². The first-order valence-electron chi connectivity index (χ1n) is 14.7. The van der Waals surface area contributed by atoms with Crippen LogP contribution in [0.2, 0.25) is 0 Å². The van der Waals surface area contributed by atoms with Gasteiger partial charge in [-0.1, -0.05) is 13.0 Å². The van der Waals surface area contributed by atoms with Gasteiger partial charge in [-0.25, -0.2) is 19.6 Å². The van der Waals surface area contributed by atoms with Crippen LogP contribution in [0.4, 0.5) is 23.8 Å². The Labute approximate surface area is 261 Å². The molecular formula is C31H33F3N6O4S.